The number of hydrogen-bond acceptors (Lipinski definition) is 4. The largest absolute Gasteiger partial charge is 0.337 e. The van der Waals surface area contributed by atoms with Crippen LogP contribution in [0.3, 0.4) is 0 Å². The summed E-state index contributed by atoms with van der Waals surface area (Å²) in [5, 5.41) is 19.7. The van der Waals surface area contributed by atoms with Crippen molar-refractivity contribution in [3.8, 4) is 6.07 Å². The molecule has 23 heavy (non-hydrogen) atoms. The highest BCUT2D eigenvalue weighted by molar-refractivity contribution is 6.33. The summed E-state index contributed by atoms with van der Waals surface area (Å²) in [4.78, 5) is 24.1. The summed E-state index contributed by atoms with van der Waals surface area (Å²) in [6.07, 6.45) is 0. The summed E-state index contributed by atoms with van der Waals surface area (Å²) in [5.74, 6) is -0.414. The number of nitrogens with zero attached hydrogens (tertiary/aromatic N) is 3. The third-order valence-electron chi connectivity index (χ3n) is 3.24. The van der Waals surface area contributed by atoms with Crippen molar-refractivity contribution < 1.29 is 9.72 Å². The lowest BCUT2D eigenvalue weighted by Gasteiger charge is -2.18. The Bertz CT molecular complexity index is 797. The Hall–Kier alpha value is -2.91. The standard InChI is InChI=1S/C16H12ClN3O3/c1-19(10-12-4-2-11(9-18)3-5-12)16(21)14-8-13(20(22)23)6-7-15(14)17/h2-8H,10H2,1H3. The van der Waals surface area contributed by atoms with E-state index in [0.29, 0.717) is 12.1 Å². The highest BCUT2D eigenvalue weighted by atomic mass is 35.5. The van der Waals surface area contributed by atoms with Crippen LogP contribution in [-0.2, 0) is 6.54 Å². The molecule has 0 heterocycles. The van der Waals surface area contributed by atoms with Crippen LogP contribution in [0.5, 0.6) is 0 Å². The Morgan fingerprint density at radius 3 is 2.52 bits per heavy atom. The van der Waals surface area contributed by atoms with Gasteiger partial charge in [0.2, 0.25) is 0 Å². The van der Waals surface area contributed by atoms with E-state index in [2.05, 4.69) is 0 Å². The van der Waals surface area contributed by atoms with Gasteiger partial charge in [0.25, 0.3) is 11.6 Å². The second-order valence-electron chi connectivity index (χ2n) is 4.89. The third kappa shape index (κ3) is 3.84. The van der Waals surface area contributed by atoms with E-state index in [1.54, 1.807) is 31.3 Å². The molecule has 0 N–H and O–H groups in total. The molecule has 0 unspecified atom stereocenters. The number of hydrogen-bond donors (Lipinski definition) is 0. The molecule has 0 aliphatic rings. The lowest BCUT2D eigenvalue weighted by atomic mass is 10.1. The van der Waals surface area contributed by atoms with Crippen LogP contribution in [0, 0.1) is 21.4 Å². The highest BCUT2D eigenvalue weighted by Gasteiger charge is 2.19. The van der Waals surface area contributed by atoms with E-state index in [9.17, 15) is 14.9 Å². The minimum Gasteiger partial charge on any atom is -0.337 e. The number of nitriles is 1. The fourth-order valence-corrected chi connectivity index (χ4v) is 2.23. The van der Waals surface area contributed by atoms with Gasteiger partial charge in [0.05, 0.1) is 27.1 Å². The van der Waals surface area contributed by atoms with Crippen LogP contribution in [0.1, 0.15) is 21.5 Å². The van der Waals surface area contributed by atoms with E-state index in [4.69, 9.17) is 16.9 Å². The maximum Gasteiger partial charge on any atom is 0.270 e. The molecular formula is C16H12ClN3O3. The molecule has 116 valence electrons. The van der Waals surface area contributed by atoms with Gasteiger partial charge in [-0.1, -0.05) is 23.7 Å². The summed E-state index contributed by atoms with van der Waals surface area (Å²) in [5.41, 5.74) is 1.26. The molecule has 2 aromatic rings. The second kappa shape index (κ2) is 6.90. The molecular weight excluding hydrogens is 318 g/mol. The van der Waals surface area contributed by atoms with Gasteiger partial charge in [-0.25, -0.2) is 0 Å². The monoisotopic (exact) mass is 329 g/mol. The number of nitro groups is 1. The van der Waals surface area contributed by atoms with Crippen LogP contribution in [-0.4, -0.2) is 22.8 Å². The predicted molar refractivity (Wildman–Crippen MR) is 85.1 cm³/mol. The Labute approximate surface area is 137 Å². The smallest absolute Gasteiger partial charge is 0.270 e. The zero-order valence-corrected chi connectivity index (χ0v) is 12.9. The molecule has 6 nitrogen and oxygen atoms in total. The fraction of sp³-hybridized carbons (Fsp3) is 0.125. The Balaban J connectivity index is 2.20. The third-order valence-corrected chi connectivity index (χ3v) is 3.57. The van der Waals surface area contributed by atoms with E-state index in [-0.39, 0.29) is 16.3 Å². The topological polar surface area (TPSA) is 87.2 Å². The van der Waals surface area contributed by atoms with Gasteiger partial charge in [0.1, 0.15) is 0 Å². The normalized spacial score (nSPS) is 9.96. The van der Waals surface area contributed by atoms with Crippen LogP contribution < -0.4 is 0 Å². The number of halogens is 1. The van der Waals surface area contributed by atoms with Crippen molar-refractivity contribution >= 4 is 23.2 Å². The number of nitro benzene ring substituents is 1. The van der Waals surface area contributed by atoms with Crippen molar-refractivity contribution in [1.29, 1.82) is 5.26 Å². The molecule has 1 amide bonds. The second-order valence-corrected chi connectivity index (χ2v) is 5.30. The molecule has 0 bridgehead atoms. The number of carbonyl (C=O) groups is 1. The maximum atomic E-state index is 12.4. The van der Waals surface area contributed by atoms with E-state index in [0.717, 1.165) is 5.56 Å². The fourth-order valence-electron chi connectivity index (χ4n) is 2.03. The number of amides is 1. The molecule has 0 saturated carbocycles. The molecule has 0 atom stereocenters. The molecule has 0 spiro atoms. The minimum absolute atomic E-state index is 0.0806. The quantitative estimate of drug-likeness (QED) is 0.635. The minimum atomic E-state index is -0.576. The highest BCUT2D eigenvalue weighted by Crippen LogP contribution is 2.23. The van der Waals surface area contributed by atoms with Crippen LogP contribution in [0.25, 0.3) is 0 Å². The molecule has 2 aromatic carbocycles. The van der Waals surface area contributed by atoms with Crippen LogP contribution >= 0.6 is 11.6 Å². The maximum absolute atomic E-state index is 12.4. The number of benzene rings is 2. The van der Waals surface area contributed by atoms with Gasteiger partial charge in [-0.15, -0.1) is 0 Å². The van der Waals surface area contributed by atoms with Gasteiger partial charge >= 0.3 is 0 Å². The van der Waals surface area contributed by atoms with Gasteiger partial charge in [-0.2, -0.15) is 5.26 Å². The lowest BCUT2D eigenvalue weighted by molar-refractivity contribution is -0.384. The van der Waals surface area contributed by atoms with Gasteiger partial charge < -0.3 is 4.90 Å². The zero-order chi connectivity index (χ0) is 17.0. The van der Waals surface area contributed by atoms with Crippen molar-refractivity contribution in [2.24, 2.45) is 0 Å². The van der Waals surface area contributed by atoms with E-state index < -0.39 is 10.8 Å². The van der Waals surface area contributed by atoms with Gasteiger partial charge in [-0.05, 0) is 23.8 Å². The summed E-state index contributed by atoms with van der Waals surface area (Å²) in [7, 11) is 1.58. The van der Waals surface area contributed by atoms with Crippen LogP contribution in [0.2, 0.25) is 5.02 Å². The molecule has 0 fully saturated rings. The molecule has 0 aliphatic heterocycles. The predicted octanol–water partition coefficient (Wildman–Crippen LogP) is 3.39. The van der Waals surface area contributed by atoms with Crippen molar-refractivity contribution in [3.05, 3.63) is 74.3 Å². The number of non-ortho nitro benzene ring substituents is 1. The molecule has 7 heteroatoms. The van der Waals surface area contributed by atoms with Gasteiger partial charge in [-0.3, -0.25) is 14.9 Å². The Morgan fingerprint density at radius 1 is 1.30 bits per heavy atom. The van der Waals surface area contributed by atoms with Crippen molar-refractivity contribution in [1.82, 2.24) is 4.90 Å². The SMILES string of the molecule is CN(Cc1ccc(C#N)cc1)C(=O)c1cc([N+](=O)[O-])ccc1Cl. The molecule has 0 radical (unpaired) electrons. The first-order valence-corrected chi connectivity index (χ1v) is 6.98. The Kier molecular flexibility index (Phi) is 4.94. The average Bonchev–Trinajstić information content (AvgIpc) is 2.55. The number of carbonyl (C=O) groups excluding carboxylic acids is 1. The first-order valence-electron chi connectivity index (χ1n) is 6.61. The first-order chi connectivity index (χ1) is 10.9. The summed E-state index contributed by atoms with van der Waals surface area (Å²) >= 11 is 5.98. The molecule has 0 aromatic heterocycles. The van der Waals surface area contributed by atoms with E-state index in [1.165, 1.54) is 23.1 Å². The lowest BCUT2D eigenvalue weighted by Crippen LogP contribution is -2.26. The van der Waals surface area contributed by atoms with Gasteiger partial charge in [0.15, 0.2) is 0 Å². The number of rotatable bonds is 4. The van der Waals surface area contributed by atoms with Crippen LogP contribution in [0.4, 0.5) is 5.69 Å². The van der Waals surface area contributed by atoms with Gasteiger partial charge in [0, 0.05) is 25.7 Å². The molecule has 2 rings (SSSR count). The summed E-state index contributed by atoms with van der Waals surface area (Å²) in [6.45, 7) is 0.295. The first kappa shape index (κ1) is 16.5. The molecule has 0 aliphatic carbocycles. The summed E-state index contributed by atoms with van der Waals surface area (Å²) < 4.78 is 0. The van der Waals surface area contributed by atoms with E-state index >= 15 is 0 Å². The van der Waals surface area contributed by atoms with E-state index in [1.807, 2.05) is 6.07 Å². The zero-order valence-electron chi connectivity index (χ0n) is 12.2. The van der Waals surface area contributed by atoms with Crippen molar-refractivity contribution in [2.75, 3.05) is 7.05 Å². The molecule has 0 saturated heterocycles. The van der Waals surface area contributed by atoms with Crippen molar-refractivity contribution in [2.45, 2.75) is 6.54 Å². The average molecular weight is 330 g/mol. The van der Waals surface area contributed by atoms with Crippen molar-refractivity contribution in [3.63, 3.8) is 0 Å². The van der Waals surface area contributed by atoms with Crippen LogP contribution in [0.15, 0.2) is 42.5 Å². The Morgan fingerprint density at radius 2 is 1.96 bits per heavy atom. The summed E-state index contributed by atoms with van der Waals surface area (Å²) in [6, 6.07) is 12.6.